The maximum atomic E-state index is 4.24. The number of pyridine rings is 1. The van der Waals surface area contributed by atoms with Gasteiger partial charge in [0.2, 0.25) is 0 Å². The van der Waals surface area contributed by atoms with Crippen molar-refractivity contribution < 1.29 is 0 Å². The zero-order valence-electron chi connectivity index (χ0n) is 5.78. The summed E-state index contributed by atoms with van der Waals surface area (Å²) in [5.74, 6) is 0. The Morgan fingerprint density at radius 3 is 2.40 bits per heavy atom. The number of hydrogen-bond acceptors (Lipinski definition) is 1. The fraction of sp³-hybridized carbons (Fsp3) is 0.286. The summed E-state index contributed by atoms with van der Waals surface area (Å²) < 4.78 is 1.88. The topological polar surface area (TPSA) is 12.9 Å². The first-order valence-corrected chi connectivity index (χ1v) is 4.49. The maximum Gasteiger partial charge on any atom is 0.120 e. The van der Waals surface area contributed by atoms with Crippen LogP contribution in [0.3, 0.4) is 0 Å². The molecule has 54 valence electrons. The van der Waals surface area contributed by atoms with Crippen LogP contribution in [0.4, 0.5) is 0 Å². The normalized spacial score (nSPS) is 10.0. The van der Waals surface area contributed by atoms with Crippen molar-refractivity contribution in [3.05, 3.63) is 26.4 Å². The fourth-order valence-corrected chi connectivity index (χ4v) is 1.46. The Balaban J connectivity index is 3.28. The van der Waals surface area contributed by atoms with Gasteiger partial charge in [0.25, 0.3) is 0 Å². The molecule has 0 saturated heterocycles. The minimum atomic E-state index is 0.871. The Labute approximate surface area is 77.1 Å². The number of hydrogen-bond donors (Lipinski definition) is 0. The predicted molar refractivity (Wildman–Crippen MR) is 49.1 cm³/mol. The lowest BCUT2D eigenvalue weighted by Crippen LogP contribution is -1.87. The van der Waals surface area contributed by atoms with Gasteiger partial charge in [0.15, 0.2) is 0 Å². The Morgan fingerprint density at radius 1 is 1.30 bits per heavy atom. The van der Waals surface area contributed by atoms with Crippen LogP contribution in [0.25, 0.3) is 0 Å². The molecule has 0 saturated carbocycles. The molecule has 0 amide bonds. The molecular formula is C7H7Br2N. The smallest absolute Gasteiger partial charge is 0.120 e. The summed E-state index contributed by atoms with van der Waals surface area (Å²) in [5, 5.41) is 0. The molecule has 0 aromatic carbocycles. The van der Waals surface area contributed by atoms with Gasteiger partial charge < -0.3 is 0 Å². The van der Waals surface area contributed by atoms with E-state index in [2.05, 4.69) is 36.8 Å². The minimum Gasteiger partial charge on any atom is -0.245 e. The van der Waals surface area contributed by atoms with E-state index in [4.69, 9.17) is 0 Å². The van der Waals surface area contributed by atoms with Crippen molar-refractivity contribution in [2.45, 2.75) is 13.8 Å². The van der Waals surface area contributed by atoms with Gasteiger partial charge in [-0.3, -0.25) is 0 Å². The highest BCUT2D eigenvalue weighted by Gasteiger charge is 1.99. The molecule has 0 bridgehead atoms. The van der Waals surface area contributed by atoms with Crippen LogP contribution in [0.15, 0.2) is 15.1 Å². The number of nitrogens with zero attached hydrogens (tertiary/aromatic N) is 1. The molecule has 1 aromatic rings. The highest BCUT2D eigenvalue weighted by atomic mass is 79.9. The summed E-state index contributed by atoms with van der Waals surface area (Å²) in [5.41, 5.74) is 2.27. The van der Waals surface area contributed by atoms with Crippen LogP contribution in [0, 0.1) is 13.8 Å². The Morgan fingerprint density at radius 2 is 1.90 bits per heavy atom. The lowest BCUT2D eigenvalue weighted by Gasteiger charge is -2.00. The van der Waals surface area contributed by atoms with E-state index in [0.29, 0.717) is 0 Å². The average Bonchev–Trinajstić information content (AvgIpc) is 1.84. The molecule has 0 atom stereocenters. The van der Waals surface area contributed by atoms with Crippen molar-refractivity contribution in [1.29, 1.82) is 0 Å². The van der Waals surface area contributed by atoms with Crippen molar-refractivity contribution >= 4 is 31.9 Å². The number of rotatable bonds is 0. The highest BCUT2D eigenvalue weighted by Crippen LogP contribution is 2.22. The first-order valence-electron chi connectivity index (χ1n) is 2.90. The molecule has 0 N–H and O–H groups in total. The molecule has 0 radical (unpaired) electrons. The third kappa shape index (κ3) is 1.58. The summed E-state index contributed by atoms with van der Waals surface area (Å²) in [4.78, 5) is 4.24. The van der Waals surface area contributed by atoms with Gasteiger partial charge in [0, 0.05) is 5.69 Å². The number of aryl methyl sites for hydroxylation is 2. The minimum absolute atomic E-state index is 0.871. The van der Waals surface area contributed by atoms with E-state index in [9.17, 15) is 0 Å². The van der Waals surface area contributed by atoms with Crippen LogP contribution in [0.5, 0.6) is 0 Å². The highest BCUT2D eigenvalue weighted by molar-refractivity contribution is 9.13. The van der Waals surface area contributed by atoms with Gasteiger partial charge >= 0.3 is 0 Å². The van der Waals surface area contributed by atoms with Crippen LogP contribution in [0.2, 0.25) is 0 Å². The molecule has 0 aliphatic carbocycles. The largest absolute Gasteiger partial charge is 0.245 e. The van der Waals surface area contributed by atoms with Crippen molar-refractivity contribution in [2.75, 3.05) is 0 Å². The zero-order valence-corrected chi connectivity index (χ0v) is 8.95. The first-order chi connectivity index (χ1) is 4.61. The van der Waals surface area contributed by atoms with Gasteiger partial charge in [0.05, 0.1) is 4.47 Å². The van der Waals surface area contributed by atoms with Crippen LogP contribution in [-0.4, -0.2) is 4.98 Å². The number of halogens is 2. The van der Waals surface area contributed by atoms with E-state index < -0.39 is 0 Å². The molecule has 1 heterocycles. The molecule has 1 rings (SSSR count). The molecule has 0 aliphatic heterocycles. The monoisotopic (exact) mass is 263 g/mol. The maximum absolute atomic E-state index is 4.24. The molecule has 10 heavy (non-hydrogen) atoms. The molecule has 0 spiro atoms. The Kier molecular flexibility index (Phi) is 2.47. The van der Waals surface area contributed by atoms with Crippen molar-refractivity contribution in [3.63, 3.8) is 0 Å². The second kappa shape index (κ2) is 3.01. The summed E-state index contributed by atoms with van der Waals surface area (Å²) >= 11 is 6.69. The van der Waals surface area contributed by atoms with Crippen molar-refractivity contribution in [2.24, 2.45) is 0 Å². The van der Waals surface area contributed by atoms with Gasteiger partial charge in [-0.05, 0) is 57.3 Å². The van der Waals surface area contributed by atoms with Gasteiger partial charge in [-0.25, -0.2) is 4.98 Å². The van der Waals surface area contributed by atoms with Gasteiger partial charge in [-0.15, -0.1) is 0 Å². The lowest BCUT2D eigenvalue weighted by molar-refractivity contribution is 1.11. The summed E-state index contributed by atoms with van der Waals surface area (Å²) in [6.45, 7) is 4.03. The molecule has 0 unspecified atom stereocenters. The Bertz CT molecular complexity index is 208. The predicted octanol–water partition coefficient (Wildman–Crippen LogP) is 3.22. The molecule has 0 aliphatic rings. The van der Waals surface area contributed by atoms with Gasteiger partial charge in [-0.1, -0.05) is 0 Å². The second-order valence-electron chi connectivity index (χ2n) is 2.16. The summed E-state index contributed by atoms with van der Waals surface area (Å²) in [6, 6.07) is 2.05. The second-order valence-corrected chi connectivity index (χ2v) is 3.77. The van der Waals surface area contributed by atoms with Crippen LogP contribution >= 0.6 is 31.9 Å². The third-order valence-corrected chi connectivity index (χ3v) is 3.12. The average molecular weight is 265 g/mol. The molecule has 3 heteroatoms. The zero-order chi connectivity index (χ0) is 7.72. The fourth-order valence-electron chi connectivity index (χ4n) is 0.643. The van der Waals surface area contributed by atoms with E-state index in [-0.39, 0.29) is 0 Å². The third-order valence-electron chi connectivity index (χ3n) is 1.38. The Hall–Kier alpha value is 0.110. The lowest BCUT2D eigenvalue weighted by atomic mass is 10.2. The van der Waals surface area contributed by atoms with Crippen molar-refractivity contribution in [3.8, 4) is 0 Å². The van der Waals surface area contributed by atoms with E-state index in [1.54, 1.807) is 0 Å². The van der Waals surface area contributed by atoms with Crippen LogP contribution in [0.1, 0.15) is 11.3 Å². The van der Waals surface area contributed by atoms with E-state index in [0.717, 1.165) is 14.8 Å². The van der Waals surface area contributed by atoms with Crippen LogP contribution < -0.4 is 0 Å². The standard InChI is InChI=1S/C7H7Br2N/c1-4-3-6(8)7(9)10-5(4)2/h3H,1-2H3. The summed E-state index contributed by atoms with van der Waals surface area (Å²) in [6.07, 6.45) is 0. The first kappa shape index (κ1) is 8.21. The molecule has 1 nitrogen and oxygen atoms in total. The van der Waals surface area contributed by atoms with Crippen molar-refractivity contribution in [1.82, 2.24) is 4.98 Å². The van der Waals surface area contributed by atoms with E-state index in [1.165, 1.54) is 5.56 Å². The summed E-state index contributed by atoms with van der Waals surface area (Å²) in [7, 11) is 0. The molecule has 1 aromatic heterocycles. The van der Waals surface area contributed by atoms with Crippen LogP contribution in [-0.2, 0) is 0 Å². The van der Waals surface area contributed by atoms with E-state index in [1.807, 2.05) is 19.9 Å². The quantitative estimate of drug-likeness (QED) is 0.656. The van der Waals surface area contributed by atoms with E-state index >= 15 is 0 Å². The molecule has 0 fully saturated rings. The SMILES string of the molecule is Cc1cc(Br)c(Br)nc1C. The molecular weight excluding hydrogens is 258 g/mol. The number of aromatic nitrogens is 1. The van der Waals surface area contributed by atoms with Gasteiger partial charge in [-0.2, -0.15) is 0 Å². The van der Waals surface area contributed by atoms with Gasteiger partial charge in [0.1, 0.15) is 4.60 Å².